The van der Waals surface area contributed by atoms with E-state index < -0.39 is 20.0 Å². The first-order valence-corrected chi connectivity index (χ1v) is 10.8. The van der Waals surface area contributed by atoms with Crippen LogP contribution in [0.15, 0.2) is 20.1 Å². The predicted molar refractivity (Wildman–Crippen MR) is 83.9 cm³/mol. The summed E-state index contributed by atoms with van der Waals surface area (Å²) in [6.45, 7) is 2.62. The van der Waals surface area contributed by atoms with E-state index in [4.69, 9.17) is 0 Å². The number of nitrogens with one attached hydrogen (secondary N) is 1. The van der Waals surface area contributed by atoms with Crippen LogP contribution in [0.5, 0.6) is 0 Å². The Morgan fingerprint density at radius 2 is 1.95 bits per heavy atom. The Hall–Kier alpha value is -0.000000000000000111. The summed E-state index contributed by atoms with van der Waals surface area (Å²) < 4.78 is 51.3. The molecule has 0 saturated heterocycles. The van der Waals surface area contributed by atoms with Crippen LogP contribution in [0.1, 0.15) is 13.3 Å². The van der Waals surface area contributed by atoms with Crippen LogP contribution in [0.4, 0.5) is 0 Å². The Bertz CT molecular complexity index is 639. The van der Waals surface area contributed by atoms with Crippen LogP contribution in [0.2, 0.25) is 0 Å². The zero-order valence-corrected chi connectivity index (χ0v) is 15.2. The van der Waals surface area contributed by atoms with Gasteiger partial charge in [0.25, 0.3) is 0 Å². The van der Waals surface area contributed by atoms with E-state index in [0.29, 0.717) is 19.5 Å². The molecule has 1 N–H and O–H groups in total. The zero-order valence-electron chi connectivity index (χ0n) is 11.2. The van der Waals surface area contributed by atoms with Gasteiger partial charge in [0, 0.05) is 19.6 Å². The lowest BCUT2D eigenvalue weighted by Crippen LogP contribution is -2.33. The van der Waals surface area contributed by atoms with Gasteiger partial charge in [-0.1, -0.05) is 6.92 Å². The van der Waals surface area contributed by atoms with E-state index in [1.54, 1.807) is 13.0 Å². The lowest BCUT2D eigenvalue weighted by molar-refractivity contribution is 0.424. The highest BCUT2D eigenvalue weighted by atomic mass is 79.9. The first kappa shape index (κ1) is 18.1. The number of hydrogen-bond acceptors (Lipinski definition) is 5. The van der Waals surface area contributed by atoms with Gasteiger partial charge < -0.3 is 0 Å². The Balaban J connectivity index is 2.49. The summed E-state index contributed by atoms with van der Waals surface area (Å²) in [5.41, 5.74) is 0. The molecule has 0 aliphatic rings. The number of rotatable bonds is 8. The van der Waals surface area contributed by atoms with Gasteiger partial charge in [-0.15, -0.1) is 11.3 Å². The highest BCUT2D eigenvalue weighted by Gasteiger charge is 2.17. The second kappa shape index (κ2) is 7.32. The minimum Gasteiger partial charge on any atom is -0.213 e. The molecule has 0 fully saturated rings. The van der Waals surface area contributed by atoms with Crippen LogP contribution in [0, 0.1) is 0 Å². The smallest absolute Gasteiger partial charge is 0.213 e. The van der Waals surface area contributed by atoms with Gasteiger partial charge in [-0.3, -0.25) is 0 Å². The molecule has 0 aliphatic heterocycles. The molecule has 1 aromatic rings. The monoisotopic (exact) mass is 404 g/mol. The lowest BCUT2D eigenvalue weighted by atomic mass is 10.4. The SMILES string of the molecule is CCN(CCCNS(=O)(=O)c1ccc(Br)s1)S(C)(=O)=O. The standard InChI is InChI=1S/C10H17BrN2O4S3/c1-3-13(19(2,14)15)8-4-7-12-20(16,17)10-6-5-9(11)18-10/h5-6,12H,3-4,7-8H2,1-2H3. The molecule has 0 aliphatic carbocycles. The van der Waals surface area contributed by atoms with Crippen molar-refractivity contribution in [2.75, 3.05) is 25.9 Å². The molecule has 1 rings (SSSR count). The molecular formula is C10H17BrN2O4S3. The van der Waals surface area contributed by atoms with Crippen molar-refractivity contribution >= 4 is 47.3 Å². The molecule has 0 unspecified atom stereocenters. The van der Waals surface area contributed by atoms with Gasteiger partial charge in [0.05, 0.1) is 10.0 Å². The number of hydrogen-bond donors (Lipinski definition) is 1. The van der Waals surface area contributed by atoms with E-state index in [1.165, 1.54) is 10.4 Å². The summed E-state index contributed by atoms with van der Waals surface area (Å²) in [6, 6.07) is 3.19. The van der Waals surface area contributed by atoms with Crippen molar-refractivity contribution in [1.29, 1.82) is 0 Å². The summed E-state index contributed by atoms with van der Waals surface area (Å²) in [6.07, 6.45) is 1.57. The van der Waals surface area contributed by atoms with Crippen molar-refractivity contribution in [3.63, 3.8) is 0 Å². The minimum atomic E-state index is -3.51. The summed E-state index contributed by atoms with van der Waals surface area (Å²) in [5.74, 6) is 0. The number of sulfonamides is 2. The summed E-state index contributed by atoms with van der Waals surface area (Å²) in [5, 5.41) is 0. The second-order valence-electron chi connectivity index (χ2n) is 4.06. The van der Waals surface area contributed by atoms with Crippen LogP contribution < -0.4 is 4.72 Å². The summed E-state index contributed by atoms with van der Waals surface area (Å²) >= 11 is 4.34. The molecule has 0 radical (unpaired) electrons. The largest absolute Gasteiger partial charge is 0.250 e. The van der Waals surface area contributed by atoms with Crippen molar-refractivity contribution in [3.8, 4) is 0 Å². The molecule has 10 heteroatoms. The molecule has 20 heavy (non-hydrogen) atoms. The predicted octanol–water partition coefficient (Wildman–Crippen LogP) is 1.46. The van der Waals surface area contributed by atoms with E-state index in [-0.39, 0.29) is 10.8 Å². The Morgan fingerprint density at radius 3 is 2.40 bits per heavy atom. The fraction of sp³-hybridized carbons (Fsp3) is 0.600. The molecule has 6 nitrogen and oxygen atoms in total. The van der Waals surface area contributed by atoms with Crippen molar-refractivity contribution in [2.24, 2.45) is 0 Å². The van der Waals surface area contributed by atoms with Crippen LogP contribution in [-0.4, -0.2) is 47.0 Å². The van der Waals surface area contributed by atoms with Gasteiger partial charge in [-0.25, -0.2) is 25.9 Å². The van der Waals surface area contributed by atoms with Gasteiger partial charge in [0.15, 0.2) is 0 Å². The fourth-order valence-corrected chi connectivity index (χ4v) is 5.59. The Labute approximate surface area is 132 Å². The van der Waals surface area contributed by atoms with Crippen molar-refractivity contribution in [1.82, 2.24) is 9.03 Å². The third-order valence-electron chi connectivity index (χ3n) is 2.51. The maximum atomic E-state index is 11.9. The van der Waals surface area contributed by atoms with Gasteiger partial charge in [-0.2, -0.15) is 0 Å². The molecule has 0 atom stereocenters. The second-order valence-corrected chi connectivity index (χ2v) is 10.5. The zero-order chi connectivity index (χ0) is 15.4. The Morgan fingerprint density at radius 1 is 1.30 bits per heavy atom. The average molecular weight is 405 g/mol. The highest BCUT2D eigenvalue weighted by Crippen LogP contribution is 2.25. The maximum Gasteiger partial charge on any atom is 0.250 e. The van der Waals surface area contributed by atoms with E-state index >= 15 is 0 Å². The third kappa shape index (κ3) is 5.41. The molecular weight excluding hydrogens is 388 g/mol. The molecule has 0 spiro atoms. The molecule has 116 valence electrons. The van der Waals surface area contributed by atoms with Gasteiger partial charge in [0.2, 0.25) is 20.0 Å². The van der Waals surface area contributed by atoms with Gasteiger partial charge in [0.1, 0.15) is 4.21 Å². The topological polar surface area (TPSA) is 83.6 Å². The van der Waals surface area contributed by atoms with Crippen LogP contribution in [0.25, 0.3) is 0 Å². The molecule has 0 amide bonds. The number of nitrogens with zero attached hydrogens (tertiary/aromatic N) is 1. The van der Waals surface area contributed by atoms with E-state index in [9.17, 15) is 16.8 Å². The van der Waals surface area contributed by atoms with Crippen molar-refractivity contribution in [2.45, 2.75) is 17.6 Å². The van der Waals surface area contributed by atoms with Crippen LogP contribution in [0.3, 0.4) is 0 Å². The first-order chi connectivity index (χ1) is 9.16. The fourth-order valence-electron chi connectivity index (χ4n) is 1.53. The van der Waals surface area contributed by atoms with Crippen LogP contribution >= 0.6 is 27.3 Å². The lowest BCUT2D eigenvalue weighted by Gasteiger charge is -2.17. The van der Waals surface area contributed by atoms with Gasteiger partial charge >= 0.3 is 0 Å². The van der Waals surface area contributed by atoms with Crippen molar-refractivity contribution in [3.05, 3.63) is 15.9 Å². The molecule has 0 bridgehead atoms. The number of thiophene rings is 1. The molecule has 1 heterocycles. The quantitative estimate of drug-likeness (QED) is 0.664. The van der Waals surface area contributed by atoms with E-state index in [1.807, 2.05) is 0 Å². The normalized spacial score (nSPS) is 13.0. The maximum absolute atomic E-state index is 11.9. The summed E-state index contributed by atoms with van der Waals surface area (Å²) in [7, 11) is -6.74. The average Bonchev–Trinajstić information content (AvgIpc) is 2.75. The first-order valence-electron chi connectivity index (χ1n) is 5.87. The highest BCUT2D eigenvalue weighted by molar-refractivity contribution is 9.11. The van der Waals surface area contributed by atoms with E-state index in [2.05, 4.69) is 20.7 Å². The Kier molecular flexibility index (Phi) is 6.61. The van der Waals surface area contributed by atoms with Crippen molar-refractivity contribution < 1.29 is 16.8 Å². The molecule has 1 aromatic heterocycles. The summed E-state index contributed by atoms with van der Waals surface area (Å²) in [4.78, 5) is 0. The molecule has 0 saturated carbocycles. The molecule has 0 aromatic carbocycles. The minimum absolute atomic E-state index is 0.198. The van der Waals surface area contributed by atoms with Crippen LogP contribution in [-0.2, 0) is 20.0 Å². The van der Waals surface area contributed by atoms with E-state index in [0.717, 1.165) is 21.4 Å². The third-order valence-corrected chi connectivity index (χ3v) is 7.47. The van der Waals surface area contributed by atoms with Gasteiger partial charge in [-0.05, 0) is 34.5 Å². The number of halogens is 1.